The lowest BCUT2D eigenvalue weighted by molar-refractivity contribution is -0.122. The van der Waals surface area contributed by atoms with Gasteiger partial charge in [-0.1, -0.05) is 49.3 Å². The Morgan fingerprint density at radius 2 is 2.00 bits per heavy atom. The van der Waals surface area contributed by atoms with Gasteiger partial charge < -0.3 is 15.6 Å². The summed E-state index contributed by atoms with van der Waals surface area (Å²) in [7, 11) is 0. The van der Waals surface area contributed by atoms with Gasteiger partial charge in [0.2, 0.25) is 5.91 Å². The molecule has 2 rings (SSSR count). The minimum Gasteiger partial charge on any atom is -0.361 e. The summed E-state index contributed by atoms with van der Waals surface area (Å²) in [6, 6.07) is 8.66. The van der Waals surface area contributed by atoms with E-state index in [4.69, 9.17) is 10.3 Å². The van der Waals surface area contributed by atoms with Gasteiger partial charge in [-0.05, 0) is 12.0 Å². The molecule has 0 saturated heterocycles. The van der Waals surface area contributed by atoms with Gasteiger partial charge in [0.25, 0.3) is 0 Å². The molecule has 3 N–H and O–H groups in total. The molecule has 0 fully saturated rings. The zero-order chi connectivity index (χ0) is 15.2. The number of rotatable bonds is 6. The van der Waals surface area contributed by atoms with E-state index < -0.39 is 6.04 Å². The molecule has 0 aliphatic heterocycles. The lowest BCUT2D eigenvalue weighted by Crippen LogP contribution is -2.34. The fraction of sp³-hybridized carbons (Fsp3) is 0.375. The second-order valence-corrected chi connectivity index (χ2v) is 4.84. The van der Waals surface area contributed by atoms with Crippen LogP contribution in [0.25, 0.3) is 0 Å². The second-order valence-electron chi connectivity index (χ2n) is 4.84. The highest BCUT2D eigenvalue weighted by Gasteiger charge is 2.18. The smallest absolute Gasteiger partial charge is 0.241 e. The molecule has 5 heteroatoms. The Bertz CT molecular complexity index is 571. The lowest BCUT2D eigenvalue weighted by Gasteiger charge is -2.12. The number of nitrogens with one attached hydrogen (secondary N) is 1. The summed E-state index contributed by atoms with van der Waals surface area (Å²) in [5.74, 6) is 0.618. The highest BCUT2D eigenvalue weighted by molar-refractivity contribution is 5.82. The molecule has 1 heterocycles. The third-order valence-electron chi connectivity index (χ3n) is 3.49. The molecule has 21 heavy (non-hydrogen) atoms. The molecule has 1 aromatic carbocycles. The summed E-state index contributed by atoms with van der Waals surface area (Å²) in [6.45, 7) is 4.41. The van der Waals surface area contributed by atoms with Crippen LogP contribution < -0.4 is 11.1 Å². The van der Waals surface area contributed by atoms with Gasteiger partial charge in [0, 0.05) is 18.5 Å². The van der Waals surface area contributed by atoms with Crippen molar-refractivity contribution < 1.29 is 9.32 Å². The van der Waals surface area contributed by atoms with Crippen molar-refractivity contribution in [2.24, 2.45) is 5.73 Å². The Morgan fingerprint density at radius 1 is 1.29 bits per heavy atom. The van der Waals surface area contributed by atoms with Gasteiger partial charge in [-0.2, -0.15) is 0 Å². The van der Waals surface area contributed by atoms with Crippen molar-refractivity contribution in [3.63, 3.8) is 0 Å². The van der Waals surface area contributed by atoms with E-state index in [9.17, 15) is 4.79 Å². The molecule has 112 valence electrons. The predicted molar refractivity (Wildman–Crippen MR) is 80.5 cm³/mol. The van der Waals surface area contributed by atoms with Crippen molar-refractivity contribution in [2.45, 2.75) is 39.3 Å². The monoisotopic (exact) mass is 287 g/mol. The normalized spacial score (nSPS) is 12.1. The quantitative estimate of drug-likeness (QED) is 0.852. The van der Waals surface area contributed by atoms with E-state index in [0.717, 1.165) is 35.4 Å². The van der Waals surface area contributed by atoms with Crippen LogP contribution in [0.5, 0.6) is 0 Å². The van der Waals surface area contributed by atoms with E-state index in [1.807, 2.05) is 44.2 Å². The van der Waals surface area contributed by atoms with Gasteiger partial charge in [0.05, 0.1) is 5.69 Å². The van der Waals surface area contributed by atoms with Crippen LogP contribution in [0.1, 0.15) is 42.5 Å². The number of carbonyl (C=O) groups excluding carboxylic acids is 1. The van der Waals surface area contributed by atoms with Crippen LogP contribution in [0.3, 0.4) is 0 Å². The Hall–Kier alpha value is -2.14. The van der Waals surface area contributed by atoms with E-state index in [1.54, 1.807) is 0 Å². The average molecular weight is 287 g/mol. The third-order valence-corrected chi connectivity index (χ3v) is 3.49. The van der Waals surface area contributed by atoms with Crippen LogP contribution in [-0.4, -0.2) is 11.1 Å². The van der Waals surface area contributed by atoms with Gasteiger partial charge in [-0.3, -0.25) is 4.79 Å². The van der Waals surface area contributed by atoms with E-state index in [0.29, 0.717) is 6.54 Å². The van der Waals surface area contributed by atoms with Crippen LogP contribution in [0.15, 0.2) is 34.9 Å². The van der Waals surface area contributed by atoms with Crippen molar-refractivity contribution in [1.29, 1.82) is 0 Å². The van der Waals surface area contributed by atoms with Crippen LogP contribution in [0.4, 0.5) is 0 Å². The Morgan fingerprint density at radius 3 is 2.62 bits per heavy atom. The largest absolute Gasteiger partial charge is 0.361 e. The van der Waals surface area contributed by atoms with E-state index in [1.165, 1.54) is 0 Å². The molecule has 0 aliphatic rings. The first-order valence-electron chi connectivity index (χ1n) is 7.21. The Kier molecular flexibility index (Phi) is 5.11. The first-order valence-corrected chi connectivity index (χ1v) is 7.21. The molecule has 1 aromatic heterocycles. The maximum atomic E-state index is 12.2. The standard InChI is InChI=1S/C16H21N3O2/c1-3-13-12(14(4-2)21-19-13)10-18-16(20)15(17)11-8-6-5-7-9-11/h5-9,15H,3-4,10,17H2,1-2H3,(H,18,20). The fourth-order valence-electron chi connectivity index (χ4n) is 2.24. The topological polar surface area (TPSA) is 81.2 Å². The number of carbonyl (C=O) groups is 1. The first kappa shape index (κ1) is 15.3. The fourth-order valence-corrected chi connectivity index (χ4v) is 2.24. The molecule has 0 saturated carbocycles. The summed E-state index contributed by atoms with van der Waals surface area (Å²) in [5.41, 5.74) is 8.62. The molecular formula is C16H21N3O2. The second kappa shape index (κ2) is 7.04. The molecule has 1 unspecified atom stereocenters. The number of hydrogen-bond acceptors (Lipinski definition) is 4. The van der Waals surface area contributed by atoms with Crippen molar-refractivity contribution in [1.82, 2.24) is 10.5 Å². The van der Waals surface area contributed by atoms with Crippen molar-refractivity contribution in [3.05, 3.63) is 52.9 Å². The van der Waals surface area contributed by atoms with Crippen LogP contribution in [0, 0.1) is 0 Å². The van der Waals surface area contributed by atoms with E-state index >= 15 is 0 Å². The number of amides is 1. The minimum absolute atomic E-state index is 0.202. The summed E-state index contributed by atoms with van der Waals surface area (Å²) < 4.78 is 5.28. The zero-order valence-electron chi connectivity index (χ0n) is 12.4. The van der Waals surface area contributed by atoms with E-state index in [-0.39, 0.29) is 5.91 Å². The third kappa shape index (κ3) is 3.49. The zero-order valence-corrected chi connectivity index (χ0v) is 12.4. The number of hydrogen-bond donors (Lipinski definition) is 2. The van der Waals surface area contributed by atoms with Crippen LogP contribution in [-0.2, 0) is 24.2 Å². The van der Waals surface area contributed by atoms with Crippen molar-refractivity contribution in [3.8, 4) is 0 Å². The van der Waals surface area contributed by atoms with E-state index in [2.05, 4.69) is 10.5 Å². The number of nitrogens with two attached hydrogens (primary N) is 1. The molecule has 0 aliphatic carbocycles. The molecule has 5 nitrogen and oxygen atoms in total. The predicted octanol–water partition coefficient (Wildman–Crippen LogP) is 2.12. The Labute approximate surface area is 124 Å². The first-order chi connectivity index (χ1) is 10.2. The summed E-state index contributed by atoms with van der Waals surface area (Å²) in [4.78, 5) is 12.2. The number of benzene rings is 1. The summed E-state index contributed by atoms with van der Waals surface area (Å²) >= 11 is 0. The summed E-state index contributed by atoms with van der Waals surface area (Å²) in [6.07, 6.45) is 1.53. The van der Waals surface area contributed by atoms with Gasteiger partial charge in [0.1, 0.15) is 11.8 Å². The lowest BCUT2D eigenvalue weighted by atomic mass is 10.1. The molecular weight excluding hydrogens is 266 g/mol. The highest BCUT2D eigenvalue weighted by Crippen LogP contribution is 2.16. The maximum Gasteiger partial charge on any atom is 0.241 e. The highest BCUT2D eigenvalue weighted by atomic mass is 16.5. The maximum absolute atomic E-state index is 12.2. The van der Waals surface area contributed by atoms with Crippen LogP contribution >= 0.6 is 0 Å². The summed E-state index contributed by atoms with van der Waals surface area (Å²) in [5, 5.41) is 6.90. The molecule has 0 spiro atoms. The van der Waals surface area contributed by atoms with Gasteiger partial charge >= 0.3 is 0 Å². The number of nitrogens with zero attached hydrogens (tertiary/aromatic N) is 1. The molecule has 1 amide bonds. The molecule has 2 aromatic rings. The Balaban J connectivity index is 2.03. The van der Waals surface area contributed by atoms with Gasteiger partial charge in [0.15, 0.2) is 0 Å². The molecule has 1 atom stereocenters. The van der Waals surface area contributed by atoms with Crippen LogP contribution in [0.2, 0.25) is 0 Å². The number of aromatic nitrogens is 1. The minimum atomic E-state index is -0.666. The van der Waals surface area contributed by atoms with Crippen molar-refractivity contribution >= 4 is 5.91 Å². The van der Waals surface area contributed by atoms with Crippen molar-refractivity contribution in [2.75, 3.05) is 0 Å². The average Bonchev–Trinajstić information content (AvgIpc) is 2.94. The number of aryl methyl sites for hydroxylation is 2. The SMILES string of the molecule is CCc1noc(CC)c1CNC(=O)C(N)c1ccccc1. The molecule has 0 bridgehead atoms. The van der Waals surface area contributed by atoms with Gasteiger partial charge in [-0.25, -0.2) is 0 Å². The van der Waals surface area contributed by atoms with Gasteiger partial charge in [-0.15, -0.1) is 0 Å². The molecule has 0 radical (unpaired) electrons.